The summed E-state index contributed by atoms with van der Waals surface area (Å²) in [6.45, 7) is 0.194. The van der Waals surface area contributed by atoms with E-state index in [9.17, 15) is 50.6 Å². The lowest BCUT2D eigenvalue weighted by atomic mass is 9.82. The molecule has 6 aromatic rings. The highest BCUT2D eigenvalue weighted by Crippen LogP contribution is 2.36. The molecule has 2 saturated carbocycles. The molecule has 2 fully saturated rings. The number of methoxy groups -OCH3 is 1. The number of aliphatic carboxylic acids is 1. The number of benzene rings is 2. The van der Waals surface area contributed by atoms with Crippen LogP contribution in [-0.2, 0) is 49.9 Å². The van der Waals surface area contributed by atoms with Gasteiger partial charge in [-0.15, -0.1) is 22.7 Å². The molecule has 16 nitrogen and oxygen atoms in total. The zero-order chi connectivity index (χ0) is 50.7. The number of hydrogen-bond acceptors (Lipinski definition) is 15. The van der Waals surface area contributed by atoms with Gasteiger partial charge >= 0.3 is 36.5 Å². The summed E-state index contributed by atoms with van der Waals surface area (Å²) in [5.74, 6) is -1.88. The second-order valence-electron chi connectivity index (χ2n) is 17.0. The first-order chi connectivity index (χ1) is 33.9. The minimum atomic E-state index is -4.34. The number of nitrogens with one attached hydrogen (secondary N) is 4. The van der Waals surface area contributed by atoms with Gasteiger partial charge in [-0.25, -0.2) is 29.5 Å². The minimum absolute atomic E-state index is 0.0841. The Morgan fingerprint density at radius 1 is 0.606 bits per heavy atom. The molecule has 0 spiro atoms. The Balaban J connectivity index is 0.000000209. The van der Waals surface area contributed by atoms with Gasteiger partial charge in [0.1, 0.15) is 47.2 Å². The molecule has 0 radical (unpaired) electrons. The number of aromatic nitrogens is 4. The summed E-state index contributed by atoms with van der Waals surface area (Å²) in [5.41, 5.74) is 1.67. The Labute approximate surface area is 409 Å². The number of hydrogen-bond donors (Lipinski definition) is 5. The first-order valence-electron chi connectivity index (χ1n) is 22.2. The van der Waals surface area contributed by atoms with Crippen molar-refractivity contribution in [2.45, 2.75) is 101 Å². The van der Waals surface area contributed by atoms with E-state index in [2.05, 4.69) is 41.2 Å². The van der Waals surface area contributed by atoms with Crippen molar-refractivity contribution in [3.05, 3.63) is 106 Å². The van der Waals surface area contributed by atoms with Gasteiger partial charge in [0, 0.05) is 33.9 Å². The normalized spacial score (nSPS) is 20.2. The molecule has 2 aliphatic carbocycles. The van der Waals surface area contributed by atoms with Crippen LogP contribution >= 0.6 is 22.7 Å². The van der Waals surface area contributed by atoms with E-state index < -0.39 is 67.2 Å². The van der Waals surface area contributed by atoms with Gasteiger partial charge in [-0.3, -0.25) is 9.59 Å². The quantitative estimate of drug-likeness (QED) is 0.0390. The molecule has 0 bridgehead atoms. The zero-order valence-corrected chi connectivity index (χ0v) is 39.4. The largest absolute Gasteiger partial charge is 0.481 e. The SMILES string of the molecule is COC(=O)[C@@H]1C[C@H](NC(=O)OCc2ccccc2)C[C@H](Nc2ncnc3sc(CC(F)(F)F)cc23)C1.O=C(N[C@@H]1C[C@H](Nc2ncnc3sc(CC(F)(F)F)cc23)C[C@H](C(=O)O)C1)OCc1ccccc1. The number of rotatable bonds is 14. The number of anilines is 2. The van der Waals surface area contributed by atoms with E-state index in [-0.39, 0.29) is 53.9 Å². The summed E-state index contributed by atoms with van der Waals surface area (Å²) in [5, 5.41) is 22.5. The first kappa shape index (κ1) is 52.0. The van der Waals surface area contributed by atoms with Gasteiger partial charge in [0.15, 0.2) is 0 Å². The van der Waals surface area contributed by atoms with Gasteiger partial charge in [-0.05, 0) is 61.8 Å². The molecule has 6 atom stereocenters. The van der Waals surface area contributed by atoms with Crippen molar-refractivity contribution in [1.82, 2.24) is 30.6 Å². The van der Waals surface area contributed by atoms with E-state index in [1.54, 1.807) is 0 Å². The lowest BCUT2D eigenvalue weighted by Crippen LogP contribution is -2.46. The number of esters is 1. The highest BCUT2D eigenvalue weighted by atomic mass is 32.1. The Morgan fingerprint density at radius 3 is 1.42 bits per heavy atom. The lowest BCUT2D eigenvalue weighted by molar-refractivity contribution is -0.147. The molecule has 0 aliphatic heterocycles. The van der Waals surface area contributed by atoms with Gasteiger partial charge in [0.2, 0.25) is 0 Å². The number of carbonyl (C=O) groups is 4. The molecule has 0 unspecified atom stereocenters. The first-order valence-corrected chi connectivity index (χ1v) is 23.9. The molecular weight excluding hydrogens is 983 g/mol. The third kappa shape index (κ3) is 15.6. The van der Waals surface area contributed by atoms with E-state index >= 15 is 0 Å². The van der Waals surface area contributed by atoms with Crippen molar-refractivity contribution in [3.63, 3.8) is 0 Å². The molecule has 2 aromatic carbocycles. The molecule has 4 aromatic heterocycles. The van der Waals surface area contributed by atoms with Crippen LogP contribution in [0.1, 0.15) is 59.4 Å². The molecule has 2 aliphatic rings. The molecule has 4 heterocycles. The predicted octanol–water partition coefficient (Wildman–Crippen LogP) is 9.60. The number of thiophene rings is 2. The maximum absolute atomic E-state index is 12.9. The third-order valence-corrected chi connectivity index (χ3v) is 13.6. The summed E-state index contributed by atoms with van der Waals surface area (Å²) >= 11 is 1.90. The van der Waals surface area contributed by atoms with Gasteiger partial charge < -0.3 is 40.6 Å². The van der Waals surface area contributed by atoms with Crippen LogP contribution < -0.4 is 21.3 Å². The molecule has 8 rings (SSSR count). The van der Waals surface area contributed by atoms with Crippen LogP contribution in [-0.4, -0.2) is 92.8 Å². The number of amides is 2. The fourth-order valence-electron chi connectivity index (χ4n) is 8.53. The maximum atomic E-state index is 12.9. The van der Waals surface area contributed by atoms with Gasteiger partial charge in [0.25, 0.3) is 0 Å². The van der Waals surface area contributed by atoms with Gasteiger partial charge in [-0.2, -0.15) is 26.3 Å². The second-order valence-corrected chi connectivity index (χ2v) is 19.3. The van der Waals surface area contributed by atoms with Crippen molar-refractivity contribution < 1.29 is 64.8 Å². The monoisotopic (exact) mass is 1030 g/mol. The van der Waals surface area contributed by atoms with E-state index in [1.807, 2.05) is 60.7 Å². The van der Waals surface area contributed by atoms with Crippen molar-refractivity contribution >= 4 is 78.9 Å². The second kappa shape index (κ2) is 23.4. The fourth-order valence-corrected chi connectivity index (χ4v) is 10.6. The van der Waals surface area contributed by atoms with Crippen molar-refractivity contribution in [2.24, 2.45) is 11.8 Å². The summed E-state index contributed by atoms with van der Waals surface area (Å²) in [7, 11) is 1.30. The number of halogens is 6. The summed E-state index contributed by atoms with van der Waals surface area (Å²) in [6.07, 6.45) is -7.33. The van der Waals surface area contributed by atoms with E-state index in [4.69, 9.17) is 14.2 Å². The van der Waals surface area contributed by atoms with Crippen LogP contribution in [0.25, 0.3) is 20.4 Å². The van der Waals surface area contributed by atoms with Crippen LogP contribution in [0.3, 0.4) is 0 Å². The molecule has 24 heteroatoms. The minimum Gasteiger partial charge on any atom is -0.481 e. The Kier molecular flexibility index (Phi) is 17.1. The topological polar surface area (TPSA) is 216 Å². The Bertz CT molecular complexity index is 2770. The smallest absolute Gasteiger partial charge is 0.407 e. The fraction of sp³-hybridized carbons (Fsp3) is 0.404. The molecule has 5 N–H and O–H groups in total. The Morgan fingerprint density at radius 2 is 1.01 bits per heavy atom. The third-order valence-electron chi connectivity index (χ3n) is 11.6. The molecule has 2 amide bonds. The standard InChI is InChI=1S/C24H25F3N4O4S.C23H23F3N4O4S/c1-34-22(32)15-7-16(9-17(8-15)31-23(33)35-12-14-5-3-2-4-6-14)30-20-19-10-18(11-24(25,26)27)36-21(19)29-13-28-20;24-23(25,26)10-17-9-18-19(27-12-28-20(18)35-17)29-15-6-14(21(31)32)7-16(8-15)30-22(33)34-11-13-4-2-1-3-5-13/h2-6,10,13,15-17H,7-9,11-12H2,1H3,(H,31,33)(H,28,29,30);1-5,9,12,14-16H,6-8,10-11H2,(H,30,33)(H,31,32)(H,27,28,29)/t15-,16+,17-;14-,15+,16-/m00/s1. The van der Waals surface area contributed by atoms with Crippen molar-refractivity contribution in [3.8, 4) is 0 Å². The maximum Gasteiger partial charge on any atom is 0.407 e. The van der Waals surface area contributed by atoms with Crippen LogP contribution in [0, 0.1) is 11.8 Å². The van der Waals surface area contributed by atoms with E-state index in [0.29, 0.717) is 57.8 Å². The number of carboxylic acid groups (broad SMARTS) is 1. The van der Waals surface area contributed by atoms with Crippen LogP contribution in [0.5, 0.6) is 0 Å². The number of carbonyl (C=O) groups excluding carboxylic acids is 3. The van der Waals surface area contributed by atoms with Gasteiger partial charge in [-0.1, -0.05) is 60.7 Å². The number of ether oxygens (including phenoxy) is 3. The summed E-state index contributed by atoms with van der Waals surface area (Å²) in [4.78, 5) is 66.4. The average molecular weight is 1030 g/mol. The molecular formula is C47H48F6N8O8S2. The number of fused-ring (bicyclic) bond motifs is 2. The highest BCUT2D eigenvalue weighted by molar-refractivity contribution is 7.19. The van der Waals surface area contributed by atoms with Crippen LogP contribution in [0.4, 0.5) is 47.6 Å². The lowest BCUT2D eigenvalue weighted by Gasteiger charge is -2.34. The zero-order valence-electron chi connectivity index (χ0n) is 37.8. The van der Waals surface area contributed by atoms with Gasteiger partial charge in [0.05, 0.1) is 42.6 Å². The van der Waals surface area contributed by atoms with E-state index in [1.165, 1.54) is 31.9 Å². The average Bonchev–Trinajstić information content (AvgIpc) is 3.93. The number of alkyl halides is 6. The van der Waals surface area contributed by atoms with Crippen molar-refractivity contribution in [1.29, 1.82) is 0 Å². The molecule has 378 valence electrons. The van der Waals surface area contributed by atoms with Crippen LogP contribution in [0.2, 0.25) is 0 Å². The summed E-state index contributed by atoms with van der Waals surface area (Å²) in [6, 6.07) is 19.7. The van der Waals surface area contributed by atoms with Crippen LogP contribution in [0.15, 0.2) is 85.5 Å². The highest BCUT2D eigenvalue weighted by Gasteiger charge is 2.37. The Hall–Kier alpha value is -6.82. The van der Waals surface area contributed by atoms with E-state index in [0.717, 1.165) is 33.8 Å². The predicted molar refractivity (Wildman–Crippen MR) is 251 cm³/mol. The number of alkyl carbamates (subject to hydrolysis) is 2. The summed E-state index contributed by atoms with van der Waals surface area (Å²) < 4.78 is 92.5. The molecule has 0 saturated heterocycles. The van der Waals surface area contributed by atoms with Crippen molar-refractivity contribution in [2.75, 3.05) is 17.7 Å². The molecule has 71 heavy (non-hydrogen) atoms. The number of nitrogens with zero attached hydrogens (tertiary/aromatic N) is 4. The number of carboxylic acids is 1.